The van der Waals surface area contributed by atoms with Crippen LogP contribution >= 0.6 is 0 Å². The summed E-state index contributed by atoms with van der Waals surface area (Å²) in [4.78, 5) is 55.3. The van der Waals surface area contributed by atoms with Gasteiger partial charge in [-0.3, -0.25) is 14.6 Å². The highest BCUT2D eigenvalue weighted by Crippen LogP contribution is 2.18. The van der Waals surface area contributed by atoms with Crippen LogP contribution in [-0.4, -0.2) is 38.9 Å². The van der Waals surface area contributed by atoms with Crippen LogP contribution in [0.1, 0.15) is 43.0 Å². The van der Waals surface area contributed by atoms with Gasteiger partial charge in [-0.1, -0.05) is 36.4 Å². The lowest BCUT2D eigenvalue weighted by atomic mass is 10.0. The number of benzene rings is 2. The molecule has 2 aromatic carbocycles. The number of aliphatic carboxylic acids is 1. The summed E-state index contributed by atoms with van der Waals surface area (Å²) in [6.45, 7) is 5.33. The molecule has 0 aliphatic heterocycles. The number of carbonyl (C=O) groups excluding carboxylic acids is 2. The third kappa shape index (κ3) is 5.51. The minimum absolute atomic E-state index is 0.0269. The van der Waals surface area contributed by atoms with Gasteiger partial charge in [0.1, 0.15) is 11.9 Å². The Kier molecular flexibility index (Phi) is 7.02. The van der Waals surface area contributed by atoms with Crippen LogP contribution in [0, 0.1) is 20.8 Å². The van der Waals surface area contributed by atoms with Crippen molar-refractivity contribution in [2.45, 2.75) is 33.2 Å². The molecule has 0 fully saturated rings. The van der Waals surface area contributed by atoms with Crippen molar-refractivity contribution in [2.24, 2.45) is 0 Å². The maximum atomic E-state index is 12.9. The number of aromatic amines is 1. The molecule has 4 N–H and O–H groups in total. The lowest BCUT2D eigenvalue weighted by molar-refractivity contribution is -0.139. The van der Waals surface area contributed by atoms with Gasteiger partial charge < -0.3 is 15.7 Å². The summed E-state index contributed by atoms with van der Waals surface area (Å²) >= 11 is 0. The van der Waals surface area contributed by atoms with E-state index in [0.717, 1.165) is 11.1 Å². The van der Waals surface area contributed by atoms with Crippen molar-refractivity contribution in [2.75, 3.05) is 5.32 Å². The van der Waals surface area contributed by atoms with Crippen molar-refractivity contribution < 1.29 is 19.5 Å². The fourth-order valence-corrected chi connectivity index (χ4v) is 3.52. The second-order valence-corrected chi connectivity index (χ2v) is 7.69. The van der Waals surface area contributed by atoms with Crippen LogP contribution in [0.3, 0.4) is 0 Å². The van der Waals surface area contributed by atoms with Gasteiger partial charge in [0.15, 0.2) is 0 Å². The van der Waals surface area contributed by atoms with E-state index in [1.54, 1.807) is 57.2 Å². The molecule has 1 aromatic heterocycles. The average Bonchev–Trinajstić information content (AvgIpc) is 2.75. The molecule has 2 amide bonds. The summed E-state index contributed by atoms with van der Waals surface area (Å²) in [6.07, 6.45) is 0.980. The molecule has 0 aliphatic rings. The fourth-order valence-electron chi connectivity index (χ4n) is 3.52. The molecule has 9 nitrogen and oxygen atoms in total. The highest BCUT2D eigenvalue weighted by Gasteiger charge is 2.24. The van der Waals surface area contributed by atoms with E-state index in [-0.39, 0.29) is 17.8 Å². The third-order valence-corrected chi connectivity index (χ3v) is 5.25. The van der Waals surface area contributed by atoms with Crippen LogP contribution in [0.4, 0.5) is 5.82 Å². The summed E-state index contributed by atoms with van der Waals surface area (Å²) in [7, 11) is 0. The Labute approximate surface area is 189 Å². The van der Waals surface area contributed by atoms with E-state index in [1.165, 1.54) is 6.20 Å². The molecule has 0 saturated heterocycles. The van der Waals surface area contributed by atoms with Gasteiger partial charge in [0.05, 0.1) is 0 Å². The van der Waals surface area contributed by atoms with Crippen LogP contribution in [0.25, 0.3) is 0 Å². The van der Waals surface area contributed by atoms with Gasteiger partial charge in [-0.05, 0) is 43.5 Å². The van der Waals surface area contributed by atoms with E-state index in [0.29, 0.717) is 16.7 Å². The van der Waals surface area contributed by atoms with Crippen molar-refractivity contribution >= 4 is 23.6 Å². The van der Waals surface area contributed by atoms with Crippen molar-refractivity contribution in [1.29, 1.82) is 0 Å². The van der Waals surface area contributed by atoms with Crippen LogP contribution in [0.15, 0.2) is 53.5 Å². The Bertz CT molecular complexity index is 1260. The van der Waals surface area contributed by atoms with Gasteiger partial charge >= 0.3 is 11.7 Å². The first-order chi connectivity index (χ1) is 15.7. The number of hydrogen-bond acceptors (Lipinski definition) is 5. The van der Waals surface area contributed by atoms with Crippen molar-refractivity contribution in [1.82, 2.24) is 15.3 Å². The number of anilines is 1. The molecule has 0 aliphatic carbocycles. The van der Waals surface area contributed by atoms with Gasteiger partial charge in [0, 0.05) is 29.3 Å². The number of aromatic nitrogens is 2. The lowest BCUT2D eigenvalue weighted by Crippen LogP contribution is -2.43. The van der Waals surface area contributed by atoms with Crippen molar-refractivity contribution in [3.05, 3.63) is 92.5 Å². The van der Waals surface area contributed by atoms with E-state index in [4.69, 9.17) is 0 Å². The molecule has 1 unspecified atom stereocenters. The molecule has 3 rings (SSSR count). The molecular formula is C24H24N4O5. The Morgan fingerprint density at radius 3 is 2.24 bits per heavy atom. The molecule has 1 heterocycles. The number of hydrogen-bond donors (Lipinski definition) is 4. The predicted molar refractivity (Wildman–Crippen MR) is 122 cm³/mol. The summed E-state index contributed by atoms with van der Waals surface area (Å²) in [5.41, 5.74) is 2.55. The second-order valence-electron chi connectivity index (χ2n) is 7.69. The summed E-state index contributed by atoms with van der Waals surface area (Å²) in [5, 5.41) is 14.8. The van der Waals surface area contributed by atoms with Gasteiger partial charge in [0.2, 0.25) is 0 Å². The highest BCUT2D eigenvalue weighted by atomic mass is 16.4. The minimum atomic E-state index is -1.32. The molecule has 1 atom stereocenters. The summed E-state index contributed by atoms with van der Waals surface area (Å²) < 4.78 is 0. The zero-order valence-corrected chi connectivity index (χ0v) is 18.4. The van der Waals surface area contributed by atoms with Gasteiger partial charge in [-0.15, -0.1) is 0 Å². The van der Waals surface area contributed by atoms with Crippen LogP contribution in [-0.2, 0) is 11.2 Å². The normalized spacial score (nSPS) is 11.5. The monoisotopic (exact) mass is 448 g/mol. The molecule has 33 heavy (non-hydrogen) atoms. The number of H-pyrrole nitrogens is 1. The van der Waals surface area contributed by atoms with E-state index in [1.807, 2.05) is 6.07 Å². The lowest BCUT2D eigenvalue weighted by Gasteiger charge is -2.18. The first kappa shape index (κ1) is 23.4. The molecule has 3 aromatic rings. The van der Waals surface area contributed by atoms with E-state index in [2.05, 4.69) is 20.6 Å². The number of carboxylic acid groups (broad SMARTS) is 1. The van der Waals surface area contributed by atoms with E-state index in [9.17, 15) is 24.3 Å². The maximum Gasteiger partial charge on any atom is 0.346 e. The number of carbonyl (C=O) groups is 3. The molecule has 0 radical (unpaired) electrons. The first-order valence-corrected chi connectivity index (χ1v) is 10.2. The third-order valence-electron chi connectivity index (χ3n) is 5.25. The number of rotatable bonds is 7. The smallest absolute Gasteiger partial charge is 0.346 e. The number of aryl methyl sites for hydroxylation is 3. The van der Waals surface area contributed by atoms with Gasteiger partial charge in [-0.2, -0.15) is 0 Å². The zero-order chi connectivity index (χ0) is 24.1. The van der Waals surface area contributed by atoms with Crippen molar-refractivity contribution in [3.8, 4) is 0 Å². The Morgan fingerprint density at radius 2 is 1.61 bits per heavy atom. The first-order valence-electron chi connectivity index (χ1n) is 10.2. The van der Waals surface area contributed by atoms with E-state index >= 15 is 0 Å². The van der Waals surface area contributed by atoms with Gasteiger partial charge in [-0.25, -0.2) is 14.6 Å². The van der Waals surface area contributed by atoms with Crippen molar-refractivity contribution in [3.63, 3.8) is 0 Å². The van der Waals surface area contributed by atoms with E-state index < -0.39 is 29.5 Å². The quantitative estimate of drug-likeness (QED) is 0.437. The van der Waals surface area contributed by atoms with Crippen LogP contribution in [0.2, 0.25) is 0 Å². The highest BCUT2D eigenvalue weighted by molar-refractivity contribution is 6.06. The molecule has 0 spiro atoms. The standard InChI is InChI=1S/C24H24N4O5/c1-13-7-4-5-10-17(13)21(29)26-18(23(31)32)11-16-12-25-24(33)28-20(16)27-22(30)19-14(2)8-6-9-15(19)3/h4-10,12,18H,11H2,1-3H3,(H,26,29)(H,31,32)(H2,25,27,28,30,33). The summed E-state index contributed by atoms with van der Waals surface area (Å²) in [5.74, 6) is -2.24. The number of amides is 2. The molecule has 0 bridgehead atoms. The molecule has 0 saturated carbocycles. The largest absolute Gasteiger partial charge is 0.480 e. The second kappa shape index (κ2) is 9.90. The maximum absolute atomic E-state index is 12.9. The molecular weight excluding hydrogens is 424 g/mol. The SMILES string of the molecule is Cc1ccccc1C(=O)NC(Cc1cnc(=O)[nH]c1NC(=O)c1c(C)cccc1C)C(=O)O. The summed E-state index contributed by atoms with van der Waals surface area (Å²) in [6, 6.07) is 10.9. The zero-order valence-electron chi connectivity index (χ0n) is 18.4. The van der Waals surface area contributed by atoms with Crippen LogP contribution < -0.4 is 16.3 Å². The Morgan fingerprint density at radius 1 is 0.970 bits per heavy atom. The average molecular weight is 448 g/mol. The number of carboxylic acids is 1. The number of nitrogens with one attached hydrogen (secondary N) is 3. The minimum Gasteiger partial charge on any atom is -0.480 e. The molecule has 170 valence electrons. The Balaban J connectivity index is 1.87. The fraction of sp³-hybridized carbons (Fsp3) is 0.208. The molecule has 9 heteroatoms. The van der Waals surface area contributed by atoms with Gasteiger partial charge in [0.25, 0.3) is 11.8 Å². The number of nitrogens with zero attached hydrogens (tertiary/aromatic N) is 1. The van der Waals surface area contributed by atoms with Crippen LogP contribution in [0.5, 0.6) is 0 Å². The Hall–Kier alpha value is -4.27. The topological polar surface area (TPSA) is 141 Å². The predicted octanol–water partition coefficient (Wildman–Crippen LogP) is 2.37.